The average Bonchev–Trinajstić information content (AvgIpc) is 3.06. The molecule has 0 bridgehead atoms. The van der Waals surface area contributed by atoms with Gasteiger partial charge >= 0.3 is 0 Å². The Hall–Kier alpha value is -2.32. The molecule has 8 heteroatoms. The highest BCUT2D eigenvalue weighted by Crippen LogP contribution is 2.21. The molecule has 1 aromatic carbocycles. The van der Waals surface area contributed by atoms with E-state index < -0.39 is 0 Å². The second-order valence-corrected chi connectivity index (χ2v) is 7.50. The molecule has 144 valence electrons. The molecule has 2 amide bonds. The molecule has 1 aliphatic rings. The van der Waals surface area contributed by atoms with E-state index in [1.165, 1.54) is 0 Å². The lowest BCUT2D eigenvalue weighted by Crippen LogP contribution is -2.50. The van der Waals surface area contributed by atoms with Crippen molar-refractivity contribution in [1.29, 1.82) is 0 Å². The second-order valence-electron chi connectivity index (χ2n) is 6.62. The minimum absolute atomic E-state index is 0.0607. The number of benzene rings is 1. The van der Waals surface area contributed by atoms with E-state index >= 15 is 0 Å². The number of aryl methyl sites for hydroxylation is 2. The first-order valence-corrected chi connectivity index (χ1v) is 10.1. The third-order valence-electron chi connectivity index (χ3n) is 4.60. The number of thioether (sulfide) groups is 1. The Bertz CT molecular complexity index is 828. The van der Waals surface area contributed by atoms with Crippen LogP contribution in [0.5, 0.6) is 0 Å². The number of carbonyl (C=O) groups excluding carboxylic acids is 2. The zero-order valence-corrected chi connectivity index (χ0v) is 16.6. The molecule has 7 nitrogen and oxygen atoms in total. The van der Waals surface area contributed by atoms with Crippen molar-refractivity contribution in [2.75, 3.05) is 44.3 Å². The van der Waals surface area contributed by atoms with Crippen molar-refractivity contribution in [3.05, 3.63) is 41.2 Å². The van der Waals surface area contributed by atoms with Gasteiger partial charge < -0.3 is 14.7 Å². The molecule has 3 rings (SSSR count). The third kappa shape index (κ3) is 4.90. The molecular formula is C19H24N4O3S. The summed E-state index contributed by atoms with van der Waals surface area (Å²) in [6.07, 6.45) is 2.00. The SMILES string of the molecule is CSc1ccc(C)c(C(=O)N2CCN(CC(=O)Nc3cc(C)on3)CC2)c1. The Morgan fingerprint density at radius 3 is 2.56 bits per heavy atom. The predicted octanol–water partition coefficient (Wildman–Crippen LogP) is 2.41. The maximum Gasteiger partial charge on any atom is 0.254 e. The van der Waals surface area contributed by atoms with Crippen molar-refractivity contribution in [2.45, 2.75) is 18.7 Å². The monoisotopic (exact) mass is 388 g/mol. The van der Waals surface area contributed by atoms with Crippen LogP contribution >= 0.6 is 11.8 Å². The van der Waals surface area contributed by atoms with Gasteiger partial charge in [0.2, 0.25) is 5.91 Å². The molecule has 1 N–H and O–H groups in total. The van der Waals surface area contributed by atoms with Crippen molar-refractivity contribution < 1.29 is 14.1 Å². The minimum Gasteiger partial charge on any atom is -0.360 e. The fourth-order valence-electron chi connectivity index (χ4n) is 3.05. The number of aromatic nitrogens is 1. The number of rotatable bonds is 5. The quantitative estimate of drug-likeness (QED) is 0.793. The fourth-order valence-corrected chi connectivity index (χ4v) is 3.49. The number of piperazine rings is 1. The molecule has 2 aromatic rings. The van der Waals surface area contributed by atoms with Gasteiger partial charge in [0.05, 0.1) is 6.54 Å². The molecule has 0 radical (unpaired) electrons. The van der Waals surface area contributed by atoms with Crippen molar-refractivity contribution >= 4 is 29.4 Å². The van der Waals surface area contributed by atoms with Crippen LogP contribution < -0.4 is 5.32 Å². The number of anilines is 1. The van der Waals surface area contributed by atoms with Crippen LogP contribution in [0.2, 0.25) is 0 Å². The van der Waals surface area contributed by atoms with E-state index in [4.69, 9.17) is 4.52 Å². The van der Waals surface area contributed by atoms with Gasteiger partial charge in [-0.1, -0.05) is 11.2 Å². The van der Waals surface area contributed by atoms with Crippen LogP contribution in [0.4, 0.5) is 5.82 Å². The summed E-state index contributed by atoms with van der Waals surface area (Å²) in [6, 6.07) is 7.66. The van der Waals surface area contributed by atoms with Gasteiger partial charge in [-0.2, -0.15) is 0 Å². The summed E-state index contributed by atoms with van der Waals surface area (Å²) in [5.74, 6) is 1.01. The van der Waals surface area contributed by atoms with Gasteiger partial charge in [-0.05, 0) is 37.8 Å². The Morgan fingerprint density at radius 2 is 1.93 bits per heavy atom. The molecule has 2 heterocycles. The van der Waals surface area contributed by atoms with Gasteiger partial charge in [-0.15, -0.1) is 11.8 Å². The Morgan fingerprint density at radius 1 is 1.19 bits per heavy atom. The summed E-state index contributed by atoms with van der Waals surface area (Å²) in [5, 5.41) is 6.48. The Labute approximate surface area is 163 Å². The fraction of sp³-hybridized carbons (Fsp3) is 0.421. The Kier molecular flexibility index (Phi) is 6.18. The van der Waals surface area contributed by atoms with E-state index in [1.807, 2.05) is 41.2 Å². The van der Waals surface area contributed by atoms with E-state index in [-0.39, 0.29) is 18.4 Å². The number of nitrogens with one attached hydrogen (secondary N) is 1. The number of nitrogens with zero attached hydrogens (tertiary/aromatic N) is 3. The largest absolute Gasteiger partial charge is 0.360 e. The van der Waals surface area contributed by atoms with Crippen LogP contribution in [0.15, 0.2) is 33.7 Å². The van der Waals surface area contributed by atoms with Crippen molar-refractivity contribution in [2.24, 2.45) is 0 Å². The lowest BCUT2D eigenvalue weighted by molar-refractivity contribution is -0.117. The number of carbonyl (C=O) groups is 2. The van der Waals surface area contributed by atoms with Crippen LogP contribution in [0, 0.1) is 13.8 Å². The van der Waals surface area contributed by atoms with Gasteiger partial charge in [0, 0.05) is 42.7 Å². The molecule has 0 spiro atoms. The van der Waals surface area contributed by atoms with Gasteiger partial charge in [-0.3, -0.25) is 14.5 Å². The van der Waals surface area contributed by atoms with E-state index in [0.717, 1.165) is 16.0 Å². The summed E-state index contributed by atoms with van der Waals surface area (Å²) in [5.41, 5.74) is 1.75. The van der Waals surface area contributed by atoms with Gasteiger partial charge in [0.15, 0.2) is 5.82 Å². The number of amides is 2. The van der Waals surface area contributed by atoms with Gasteiger partial charge in [0.1, 0.15) is 5.76 Å². The highest BCUT2D eigenvalue weighted by molar-refractivity contribution is 7.98. The molecule has 1 aromatic heterocycles. The topological polar surface area (TPSA) is 78.7 Å². The highest BCUT2D eigenvalue weighted by Gasteiger charge is 2.24. The summed E-state index contributed by atoms with van der Waals surface area (Å²) >= 11 is 1.63. The standard InChI is InChI=1S/C19H24N4O3S/c1-13-4-5-15(27-3)11-16(13)19(25)23-8-6-22(7-9-23)12-18(24)20-17-10-14(2)26-21-17/h4-5,10-11H,6-9,12H2,1-3H3,(H,20,21,24). The summed E-state index contributed by atoms with van der Waals surface area (Å²) in [4.78, 5) is 30.0. The van der Waals surface area contributed by atoms with Crippen LogP contribution in [0.1, 0.15) is 21.7 Å². The first-order chi connectivity index (χ1) is 13.0. The first kappa shape index (κ1) is 19.4. The number of hydrogen-bond donors (Lipinski definition) is 1. The van der Waals surface area contributed by atoms with Crippen LogP contribution in [0.25, 0.3) is 0 Å². The lowest BCUT2D eigenvalue weighted by Gasteiger charge is -2.34. The van der Waals surface area contributed by atoms with Crippen LogP contribution in [-0.4, -0.2) is 65.8 Å². The molecule has 0 unspecified atom stereocenters. The maximum atomic E-state index is 12.9. The maximum absolute atomic E-state index is 12.9. The first-order valence-electron chi connectivity index (χ1n) is 8.85. The molecular weight excluding hydrogens is 364 g/mol. The van der Waals surface area contributed by atoms with Crippen molar-refractivity contribution in [1.82, 2.24) is 15.0 Å². The average molecular weight is 388 g/mol. The highest BCUT2D eigenvalue weighted by atomic mass is 32.2. The van der Waals surface area contributed by atoms with E-state index in [0.29, 0.717) is 37.8 Å². The molecule has 1 saturated heterocycles. The smallest absolute Gasteiger partial charge is 0.254 e. The van der Waals surface area contributed by atoms with E-state index in [9.17, 15) is 9.59 Å². The molecule has 1 aliphatic heterocycles. The van der Waals surface area contributed by atoms with Crippen LogP contribution in [-0.2, 0) is 4.79 Å². The summed E-state index contributed by atoms with van der Waals surface area (Å²) in [7, 11) is 0. The molecule has 0 atom stereocenters. The summed E-state index contributed by atoms with van der Waals surface area (Å²) < 4.78 is 4.94. The van der Waals surface area contributed by atoms with Gasteiger partial charge in [-0.25, -0.2) is 0 Å². The lowest BCUT2D eigenvalue weighted by atomic mass is 10.1. The predicted molar refractivity (Wildman–Crippen MR) is 105 cm³/mol. The third-order valence-corrected chi connectivity index (χ3v) is 5.32. The van der Waals surface area contributed by atoms with Crippen LogP contribution in [0.3, 0.4) is 0 Å². The minimum atomic E-state index is -0.133. The molecule has 0 saturated carbocycles. The van der Waals surface area contributed by atoms with E-state index in [2.05, 4.69) is 10.5 Å². The normalized spacial score (nSPS) is 15.0. The molecule has 27 heavy (non-hydrogen) atoms. The zero-order chi connectivity index (χ0) is 19.4. The molecule has 0 aliphatic carbocycles. The molecule has 1 fully saturated rings. The summed E-state index contributed by atoms with van der Waals surface area (Å²) in [6.45, 7) is 6.56. The van der Waals surface area contributed by atoms with Crippen molar-refractivity contribution in [3.8, 4) is 0 Å². The van der Waals surface area contributed by atoms with Crippen molar-refractivity contribution in [3.63, 3.8) is 0 Å². The van der Waals surface area contributed by atoms with Gasteiger partial charge in [0.25, 0.3) is 5.91 Å². The second kappa shape index (κ2) is 8.58. The Balaban J connectivity index is 1.52. The number of hydrogen-bond acceptors (Lipinski definition) is 6. The zero-order valence-electron chi connectivity index (χ0n) is 15.8. The van der Waals surface area contributed by atoms with E-state index in [1.54, 1.807) is 24.8 Å².